The van der Waals surface area contributed by atoms with Gasteiger partial charge in [-0.1, -0.05) is 23.7 Å². The van der Waals surface area contributed by atoms with E-state index in [1.165, 1.54) is 18.1 Å². The number of amides is 1. The lowest BCUT2D eigenvalue weighted by Gasteiger charge is -2.10. The van der Waals surface area contributed by atoms with Crippen LogP contribution in [0.15, 0.2) is 48.8 Å². The van der Waals surface area contributed by atoms with Gasteiger partial charge < -0.3 is 10.1 Å². The van der Waals surface area contributed by atoms with Crippen LogP contribution >= 0.6 is 11.6 Å². The molecule has 0 bridgehead atoms. The van der Waals surface area contributed by atoms with Crippen LogP contribution in [0.25, 0.3) is 5.69 Å². The van der Waals surface area contributed by atoms with E-state index in [-0.39, 0.29) is 12.5 Å². The molecule has 0 saturated carbocycles. The number of aromatic nitrogens is 4. The van der Waals surface area contributed by atoms with Crippen molar-refractivity contribution in [1.82, 2.24) is 25.5 Å². The number of ether oxygens (including phenoxy) is 1. The SMILES string of the molecule is COC(=O)c1ccc(CNC(=O)c2cc(Cl)ccc2-n2cnnn2)cc1. The predicted octanol–water partition coefficient (Wildman–Crippen LogP) is 2.03. The second-order valence-corrected chi connectivity index (χ2v) is 5.72. The molecule has 0 radical (unpaired) electrons. The number of carbonyl (C=O) groups excluding carboxylic acids is 2. The van der Waals surface area contributed by atoms with Crippen LogP contribution in [0.2, 0.25) is 5.02 Å². The number of hydrogen-bond donors (Lipinski definition) is 1. The third kappa shape index (κ3) is 3.86. The third-order valence-electron chi connectivity index (χ3n) is 3.63. The van der Waals surface area contributed by atoms with Crippen molar-refractivity contribution in [3.05, 3.63) is 70.5 Å². The monoisotopic (exact) mass is 371 g/mol. The zero-order chi connectivity index (χ0) is 18.5. The van der Waals surface area contributed by atoms with Crippen LogP contribution in [-0.4, -0.2) is 39.2 Å². The topological polar surface area (TPSA) is 99.0 Å². The second kappa shape index (κ2) is 7.75. The molecule has 0 atom stereocenters. The molecule has 1 aromatic heterocycles. The number of carbonyl (C=O) groups is 2. The Bertz CT molecular complexity index is 926. The summed E-state index contributed by atoms with van der Waals surface area (Å²) in [5.74, 6) is -0.736. The summed E-state index contributed by atoms with van der Waals surface area (Å²) in [5.41, 5.74) is 2.13. The molecule has 0 spiro atoms. The summed E-state index contributed by atoms with van der Waals surface area (Å²) in [6, 6.07) is 11.6. The second-order valence-electron chi connectivity index (χ2n) is 5.29. The van der Waals surface area contributed by atoms with Gasteiger partial charge in [0, 0.05) is 11.6 Å². The van der Waals surface area contributed by atoms with Crippen LogP contribution in [0.3, 0.4) is 0 Å². The van der Waals surface area contributed by atoms with E-state index in [1.807, 2.05) is 0 Å². The number of benzene rings is 2. The van der Waals surface area contributed by atoms with E-state index in [1.54, 1.807) is 42.5 Å². The normalized spacial score (nSPS) is 10.4. The van der Waals surface area contributed by atoms with Crippen LogP contribution in [0.1, 0.15) is 26.3 Å². The van der Waals surface area contributed by atoms with Gasteiger partial charge in [-0.2, -0.15) is 4.68 Å². The summed E-state index contributed by atoms with van der Waals surface area (Å²) in [5, 5.41) is 14.2. The molecule has 0 fully saturated rings. The molecule has 2 aromatic carbocycles. The number of halogens is 1. The Balaban J connectivity index is 1.74. The van der Waals surface area contributed by atoms with Gasteiger partial charge in [-0.15, -0.1) is 5.10 Å². The largest absolute Gasteiger partial charge is 0.465 e. The number of nitrogens with one attached hydrogen (secondary N) is 1. The van der Waals surface area contributed by atoms with Crippen molar-refractivity contribution < 1.29 is 14.3 Å². The molecule has 0 aliphatic carbocycles. The smallest absolute Gasteiger partial charge is 0.337 e. The Hall–Kier alpha value is -3.26. The first-order valence-corrected chi connectivity index (χ1v) is 7.94. The highest BCUT2D eigenvalue weighted by molar-refractivity contribution is 6.31. The number of tetrazole rings is 1. The van der Waals surface area contributed by atoms with Gasteiger partial charge in [-0.3, -0.25) is 4.79 Å². The van der Waals surface area contributed by atoms with Crippen molar-refractivity contribution in [2.75, 3.05) is 7.11 Å². The summed E-state index contributed by atoms with van der Waals surface area (Å²) >= 11 is 6.02. The third-order valence-corrected chi connectivity index (χ3v) is 3.86. The highest BCUT2D eigenvalue weighted by Crippen LogP contribution is 2.19. The van der Waals surface area contributed by atoms with Gasteiger partial charge in [0.1, 0.15) is 6.33 Å². The van der Waals surface area contributed by atoms with Crippen molar-refractivity contribution >= 4 is 23.5 Å². The first-order valence-electron chi connectivity index (χ1n) is 7.57. The average molecular weight is 372 g/mol. The van der Waals surface area contributed by atoms with Crippen molar-refractivity contribution in [3.8, 4) is 5.69 Å². The van der Waals surface area contributed by atoms with E-state index in [0.717, 1.165) is 5.56 Å². The summed E-state index contributed by atoms with van der Waals surface area (Å²) < 4.78 is 6.04. The number of hydrogen-bond acceptors (Lipinski definition) is 6. The van der Waals surface area contributed by atoms with Crippen molar-refractivity contribution in [1.29, 1.82) is 0 Å². The zero-order valence-electron chi connectivity index (χ0n) is 13.7. The minimum Gasteiger partial charge on any atom is -0.465 e. The van der Waals surface area contributed by atoms with Gasteiger partial charge in [-0.05, 0) is 46.3 Å². The maximum Gasteiger partial charge on any atom is 0.337 e. The minimum absolute atomic E-state index is 0.280. The molecule has 0 aliphatic rings. The highest BCUT2D eigenvalue weighted by atomic mass is 35.5. The molecule has 9 heteroatoms. The molecule has 3 aromatic rings. The number of methoxy groups -OCH3 is 1. The van der Waals surface area contributed by atoms with Crippen LogP contribution in [-0.2, 0) is 11.3 Å². The molecule has 8 nitrogen and oxygen atoms in total. The van der Waals surface area contributed by atoms with Crippen LogP contribution < -0.4 is 5.32 Å². The number of rotatable bonds is 5. The van der Waals surface area contributed by atoms with Crippen molar-refractivity contribution in [2.45, 2.75) is 6.54 Å². The van der Waals surface area contributed by atoms with Crippen LogP contribution in [0.4, 0.5) is 0 Å². The summed E-state index contributed by atoms with van der Waals surface area (Å²) in [6.07, 6.45) is 1.39. The Morgan fingerprint density at radius 1 is 1.19 bits per heavy atom. The van der Waals surface area contributed by atoms with Gasteiger partial charge in [0.15, 0.2) is 0 Å². The molecule has 1 heterocycles. The molecule has 26 heavy (non-hydrogen) atoms. The van der Waals surface area contributed by atoms with Crippen LogP contribution in [0.5, 0.6) is 0 Å². The molecule has 0 saturated heterocycles. The number of esters is 1. The maximum absolute atomic E-state index is 12.6. The van der Waals surface area contributed by atoms with E-state index in [4.69, 9.17) is 11.6 Å². The molecule has 1 amide bonds. The first kappa shape index (κ1) is 17.6. The van der Waals surface area contributed by atoms with Gasteiger partial charge in [-0.25, -0.2) is 4.79 Å². The Morgan fingerprint density at radius 2 is 1.96 bits per heavy atom. The van der Waals surface area contributed by atoms with E-state index in [2.05, 4.69) is 25.6 Å². The molecule has 3 rings (SSSR count). The fraction of sp³-hybridized carbons (Fsp3) is 0.118. The van der Waals surface area contributed by atoms with E-state index >= 15 is 0 Å². The average Bonchev–Trinajstić information content (AvgIpc) is 3.20. The maximum atomic E-state index is 12.6. The van der Waals surface area contributed by atoms with E-state index < -0.39 is 5.97 Å². The molecule has 0 aliphatic heterocycles. The Kier molecular flexibility index (Phi) is 5.23. The fourth-order valence-corrected chi connectivity index (χ4v) is 2.49. The van der Waals surface area contributed by atoms with Crippen LogP contribution in [0, 0.1) is 0 Å². The quantitative estimate of drug-likeness (QED) is 0.689. The molecule has 1 N–H and O–H groups in total. The standard InChI is InChI=1S/C17H14ClN5O3/c1-26-17(25)12-4-2-11(3-5-12)9-19-16(24)14-8-13(18)6-7-15(14)23-10-20-21-22-23/h2-8,10H,9H2,1H3,(H,19,24). The van der Waals surface area contributed by atoms with Gasteiger partial charge in [0.25, 0.3) is 5.91 Å². The van der Waals surface area contributed by atoms with Crippen molar-refractivity contribution in [3.63, 3.8) is 0 Å². The molecular weight excluding hydrogens is 358 g/mol. The Morgan fingerprint density at radius 3 is 2.62 bits per heavy atom. The summed E-state index contributed by atoms with van der Waals surface area (Å²) in [4.78, 5) is 24.0. The predicted molar refractivity (Wildman–Crippen MR) is 93.1 cm³/mol. The van der Waals surface area contributed by atoms with E-state index in [0.29, 0.717) is 21.8 Å². The van der Waals surface area contributed by atoms with Gasteiger partial charge >= 0.3 is 5.97 Å². The first-order chi connectivity index (χ1) is 12.6. The minimum atomic E-state index is -0.411. The lowest BCUT2D eigenvalue weighted by Crippen LogP contribution is -2.24. The molecule has 132 valence electrons. The highest BCUT2D eigenvalue weighted by Gasteiger charge is 2.14. The zero-order valence-corrected chi connectivity index (χ0v) is 14.5. The van der Waals surface area contributed by atoms with E-state index in [9.17, 15) is 9.59 Å². The number of nitrogens with zero attached hydrogens (tertiary/aromatic N) is 4. The van der Waals surface area contributed by atoms with Crippen molar-refractivity contribution in [2.24, 2.45) is 0 Å². The summed E-state index contributed by atoms with van der Waals surface area (Å²) in [7, 11) is 1.32. The lowest BCUT2D eigenvalue weighted by atomic mass is 10.1. The fourth-order valence-electron chi connectivity index (χ4n) is 2.32. The van der Waals surface area contributed by atoms with Gasteiger partial charge in [0.05, 0.1) is 23.9 Å². The molecule has 0 unspecified atom stereocenters. The van der Waals surface area contributed by atoms with Gasteiger partial charge in [0.2, 0.25) is 0 Å². The summed E-state index contributed by atoms with van der Waals surface area (Å²) in [6.45, 7) is 0.280. The lowest BCUT2D eigenvalue weighted by molar-refractivity contribution is 0.0600. The Labute approximate surface area is 153 Å². The molecular formula is C17H14ClN5O3.